The maximum absolute atomic E-state index is 13.6. The minimum Gasteiger partial charge on any atom is -0.468 e. The molecule has 0 bridgehead atoms. The van der Waals surface area contributed by atoms with E-state index in [0.717, 1.165) is 18.4 Å². The fourth-order valence-electron chi connectivity index (χ4n) is 7.75. The van der Waals surface area contributed by atoms with Crippen molar-refractivity contribution in [1.29, 1.82) is 0 Å². The largest absolute Gasteiger partial charge is 0.468 e. The summed E-state index contributed by atoms with van der Waals surface area (Å²) in [7, 11) is -0.104. The first-order chi connectivity index (χ1) is 19.2. The lowest BCUT2D eigenvalue weighted by Gasteiger charge is -2.45. The van der Waals surface area contributed by atoms with Gasteiger partial charge in [0.25, 0.3) is 8.32 Å². The van der Waals surface area contributed by atoms with Crippen LogP contribution in [0.5, 0.6) is 0 Å². The third-order valence-electron chi connectivity index (χ3n) is 9.33. The van der Waals surface area contributed by atoms with Crippen LogP contribution < -0.4 is 10.4 Å². The van der Waals surface area contributed by atoms with Gasteiger partial charge in [0.05, 0.1) is 14.2 Å². The van der Waals surface area contributed by atoms with Gasteiger partial charge in [-0.2, -0.15) is 0 Å². The molecule has 5 rings (SSSR count). The predicted octanol–water partition coefficient (Wildman–Crippen LogP) is 5.48. The van der Waals surface area contributed by atoms with Crippen LogP contribution in [0.15, 0.2) is 91.0 Å². The number of carbonyl (C=O) groups is 2. The smallest absolute Gasteiger partial charge is 0.323 e. The Morgan fingerprint density at radius 3 is 1.65 bits per heavy atom. The maximum Gasteiger partial charge on any atom is 0.323 e. The fraction of sp³-hybridized carbons (Fsp3) is 0.412. The summed E-state index contributed by atoms with van der Waals surface area (Å²) in [6.07, 6.45) is 1.97. The second-order valence-electron chi connectivity index (χ2n) is 12.3. The van der Waals surface area contributed by atoms with Crippen LogP contribution >= 0.6 is 0 Å². The molecule has 0 heterocycles. The normalized spacial score (nSPS) is 23.8. The summed E-state index contributed by atoms with van der Waals surface area (Å²) >= 11 is 0. The Bertz CT molecular complexity index is 1260. The van der Waals surface area contributed by atoms with Crippen LogP contribution in [0, 0.1) is 17.3 Å². The van der Waals surface area contributed by atoms with Crippen molar-refractivity contribution in [2.45, 2.75) is 57.1 Å². The van der Waals surface area contributed by atoms with Crippen LogP contribution in [0.1, 0.15) is 51.5 Å². The highest BCUT2D eigenvalue weighted by Gasteiger charge is 2.67. The molecule has 0 amide bonds. The van der Waals surface area contributed by atoms with Gasteiger partial charge in [-0.15, -0.1) is 0 Å². The lowest BCUT2D eigenvalue weighted by atomic mass is 9.71. The number of methoxy groups -OCH3 is 2. The molecule has 2 saturated carbocycles. The molecule has 2 aliphatic carbocycles. The summed E-state index contributed by atoms with van der Waals surface area (Å²) in [5.74, 6) is -1.29. The van der Waals surface area contributed by atoms with Gasteiger partial charge in [0, 0.05) is 12.0 Å². The molecule has 210 valence electrons. The first-order valence-electron chi connectivity index (χ1n) is 14.2. The number of ether oxygens (including phenoxy) is 2. The van der Waals surface area contributed by atoms with Gasteiger partial charge in [-0.1, -0.05) is 112 Å². The van der Waals surface area contributed by atoms with Crippen LogP contribution in [-0.4, -0.2) is 40.6 Å². The van der Waals surface area contributed by atoms with E-state index < -0.39 is 25.7 Å². The van der Waals surface area contributed by atoms with E-state index >= 15 is 0 Å². The molecule has 1 unspecified atom stereocenters. The molecular formula is C34H40O5Si. The topological polar surface area (TPSA) is 61.8 Å². The Kier molecular flexibility index (Phi) is 7.77. The van der Waals surface area contributed by atoms with Crippen molar-refractivity contribution in [1.82, 2.24) is 0 Å². The maximum atomic E-state index is 13.6. The number of carbonyl (C=O) groups excluding carboxylic acids is 2. The molecule has 3 aromatic rings. The molecule has 3 aromatic carbocycles. The number of hydrogen-bond acceptors (Lipinski definition) is 5. The first-order valence-corrected chi connectivity index (χ1v) is 16.1. The van der Waals surface area contributed by atoms with Gasteiger partial charge in [-0.25, -0.2) is 0 Å². The fourth-order valence-corrected chi connectivity index (χ4v) is 12.5. The Morgan fingerprint density at radius 2 is 1.20 bits per heavy atom. The summed E-state index contributed by atoms with van der Waals surface area (Å²) in [4.78, 5) is 27.2. The highest BCUT2D eigenvalue weighted by atomic mass is 28.4. The van der Waals surface area contributed by atoms with Crippen LogP contribution in [0.3, 0.4) is 0 Å². The summed E-state index contributed by atoms with van der Waals surface area (Å²) < 4.78 is 18.3. The lowest BCUT2D eigenvalue weighted by Crippen LogP contribution is -2.68. The molecule has 4 atom stereocenters. The standard InChI is InChI=1S/C34H40O5Si/c1-33(2,3)40(25-17-11-7-12-18-25,26-19-13-8-14-20-26)39-29-22-21-27-28(29)23-34(31(35)37-4,32(36)38-5)30(27)24-15-9-6-10-16-24/h6-20,27-30H,21-23H2,1-5H3/t27-,28?,29-,30-/m1/s1. The Balaban J connectivity index is 1.64. The third kappa shape index (κ3) is 4.42. The van der Waals surface area contributed by atoms with Gasteiger partial charge in [0.1, 0.15) is 0 Å². The molecule has 40 heavy (non-hydrogen) atoms. The average molecular weight is 557 g/mol. The van der Waals surface area contributed by atoms with E-state index in [1.165, 1.54) is 24.6 Å². The quantitative estimate of drug-likeness (QED) is 0.219. The molecule has 0 spiro atoms. The summed E-state index contributed by atoms with van der Waals surface area (Å²) in [5.41, 5.74) is -0.440. The van der Waals surface area contributed by atoms with Crippen LogP contribution in [-0.2, 0) is 23.5 Å². The lowest BCUT2D eigenvalue weighted by molar-refractivity contribution is -0.170. The molecule has 0 radical (unpaired) electrons. The summed E-state index contributed by atoms with van der Waals surface area (Å²) in [6.45, 7) is 6.83. The average Bonchev–Trinajstić information content (AvgIpc) is 3.53. The van der Waals surface area contributed by atoms with Gasteiger partial charge >= 0.3 is 11.9 Å². The number of hydrogen-bond donors (Lipinski definition) is 0. The van der Waals surface area contributed by atoms with Crippen molar-refractivity contribution in [3.63, 3.8) is 0 Å². The first kappa shape index (κ1) is 28.3. The predicted molar refractivity (Wildman–Crippen MR) is 159 cm³/mol. The van der Waals surface area contributed by atoms with Crippen molar-refractivity contribution in [2.24, 2.45) is 17.3 Å². The van der Waals surface area contributed by atoms with E-state index in [-0.39, 0.29) is 28.9 Å². The number of rotatable bonds is 7. The van der Waals surface area contributed by atoms with E-state index in [9.17, 15) is 9.59 Å². The molecular weight excluding hydrogens is 516 g/mol. The molecule has 2 aliphatic rings. The summed E-state index contributed by atoms with van der Waals surface area (Å²) in [6, 6.07) is 31.2. The monoisotopic (exact) mass is 556 g/mol. The molecule has 0 aromatic heterocycles. The van der Waals surface area contributed by atoms with Gasteiger partial charge in [-0.3, -0.25) is 9.59 Å². The Morgan fingerprint density at radius 1 is 0.725 bits per heavy atom. The van der Waals surface area contributed by atoms with Crippen LogP contribution in [0.2, 0.25) is 5.04 Å². The SMILES string of the molecule is COC(=O)C1(C(=O)OC)CC2[C@@H](CC[C@H]2O[Si](c2ccccc2)(c2ccccc2)C(C)(C)C)[C@H]1c1ccccc1. The molecule has 6 heteroatoms. The van der Waals surface area contributed by atoms with Gasteiger partial charge in [-0.05, 0) is 52.1 Å². The molecule has 0 aliphatic heterocycles. The highest BCUT2D eigenvalue weighted by Crippen LogP contribution is 2.63. The zero-order valence-electron chi connectivity index (χ0n) is 24.1. The zero-order valence-corrected chi connectivity index (χ0v) is 25.1. The van der Waals surface area contributed by atoms with E-state index in [1.54, 1.807) is 0 Å². The van der Waals surface area contributed by atoms with Crippen molar-refractivity contribution in [3.8, 4) is 0 Å². The van der Waals surface area contributed by atoms with E-state index in [1.807, 2.05) is 42.5 Å². The number of esters is 2. The summed E-state index contributed by atoms with van der Waals surface area (Å²) in [5, 5.41) is 2.27. The number of fused-ring (bicyclic) bond motifs is 1. The highest BCUT2D eigenvalue weighted by molar-refractivity contribution is 6.99. The van der Waals surface area contributed by atoms with E-state index in [4.69, 9.17) is 13.9 Å². The van der Waals surface area contributed by atoms with E-state index in [2.05, 4.69) is 69.3 Å². The van der Waals surface area contributed by atoms with Crippen molar-refractivity contribution in [2.75, 3.05) is 14.2 Å². The number of benzene rings is 3. The Labute approximate surface area is 239 Å². The van der Waals surface area contributed by atoms with Crippen LogP contribution in [0.25, 0.3) is 0 Å². The molecule has 0 N–H and O–H groups in total. The molecule has 5 nitrogen and oxygen atoms in total. The van der Waals surface area contributed by atoms with Crippen LogP contribution in [0.4, 0.5) is 0 Å². The van der Waals surface area contributed by atoms with Crippen molar-refractivity contribution < 1.29 is 23.5 Å². The third-order valence-corrected chi connectivity index (χ3v) is 14.4. The molecule has 2 fully saturated rings. The second-order valence-corrected chi connectivity index (χ2v) is 16.5. The zero-order chi connectivity index (χ0) is 28.5. The molecule has 0 saturated heterocycles. The van der Waals surface area contributed by atoms with Crippen molar-refractivity contribution >= 4 is 30.6 Å². The van der Waals surface area contributed by atoms with E-state index in [0.29, 0.717) is 6.42 Å². The van der Waals surface area contributed by atoms with Gasteiger partial charge in [0.15, 0.2) is 5.41 Å². The minimum absolute atomic E-state index is 0.00468. The minimum atomic E-state index is -2.83. The van der Waals surface area contributed by atoms with Gasteiger partial charge < -0.3 is 13.9 Å². The van der Waals surface area contributed by atoms with Crippen molar-refractivity contribution in [3.05, 3.63) is 96.6 Å². The Hall–Kier alpha value is -3.22. The van der Waals surface area contributed by atoms with Gasteiger partial charge in [0.2, 0.25) is 0 Å². The second kappa shape index (κ2) is 11.0.